The van der Waals surface area contributed by atoms with Crippen LogP contribution in [0.4, 0.5) is 10.1 Å². The number of carboxylic acid groups (broad SMARTS) is 1. The lowest BCUT2D eigenvalue weighted by atomic mass is 9.86. The summed E-state index contributed by atoms with van der Waals surface area (Å²) in [7, 11) is 0. The molecule has 0 radical (unpaired) electrons. The summed E-state index contributed by atoms with van der Waals surface area (Å²) in [5, 5.41) is 11.9. The molecule has 7 nitrogen and oxygen atoms in total. The molecule has 198 valence electrons. The number of fused-ring (bicyclic) bond motifs is 2. The quantitative estimate of drug-likeness (QED) is 0.520. The number of carbonyl (C=O) groups excluding carboxylic acids is 2. The van der Waals surface area contributed by atoms with Gasteiger partial charge in [0.25, 0.3) is 5.91 Å². The lowest BCUT2D eigenvalue weighted by Gasteiger charge is -2.38. The maximum atomic E-state index is 15.1. The van der Waals surface area contributed by atoms with Crippen molar-refractivity contribution in [1.29, 1.82) is 0 Å². The molecule has 2 aliphatic rings. The van der Waals surface area contributed by atoms with Gasteiger partial charge in [0.05, 0.1) is 6.61 Å². The monoisotopic (exact) mass is 510 g/mol. The van der Waals surface area contributed by atoms with E-state index in [0.717, 1.165) is 24.0 Å². The van der Waals surface area contributed by atoms with E-state index in [0.29, 0.717) is 42.1 Å². The molecule has 8 heteroatoms. The fraction of sp³-hybridized carbons (Fsp3) is 0.483. The molecule has 0 aromatic heterocycles. The van der Waals surface area contributed by atoms with E-state index < -0.39 is 23.8 Å². The van der Waals surface area contributed by atoms with Crippen molar-refractivity contribution in [2.45, 2.75) is 71.3 Å². The fourth-order valence-electron chi connectivity index (χ4n) is 5.60. The van der Waals surface area contributed by atoms with Gasteiger partial charge in [0.15, 0.2) is 0 Å². The zero-order chi connectivity index (χ0) is 26.9. The Bertz CT molecular complexity index is 1230. The van der Waals surface area contributed by atoms with E-state index in [2.05, 4.69) is 5.32 Å². The van der Waals surface area contributed by atoms with E-state index in [1.165, 1.54) is 11.0 Å². The Balaban J connectivity index is 1.66. The van der Waals surface area contributed by atoms with Gasteiger partial charge in [-0.15, -0.1) is 0 Å². The van der Waals surface area contributed by atoms with Crippen LogP contribution in [-0.2, 0) is 32.6 Å². The number of nitrogens with one attached hydrogen (secondary N) is 1. The number of nitrogens with zero attached hydrogens (tertiary/aromatic N) is 1. The first-order valence-electron chi connectivity index (χ1n) is 12.9. The van der Waals surface area contributed by atoms with Crippen LogP contribution in [0, 0.1) is 11.7 Å². The minimum Gasteiger partial charge on any atom is -0.494 e. The summed E-state index contributed by atoms with van der Waals surface area (Å²) in [5.41, 5.74) is 3.30. The molecule has 0 saturated heterocycles. The highest BCUT2D eigenvalue weighted by molar-refractivity contribution is 5.99. The van der Waals surface area contributed by atoms with Crippen LogP contribution >= 0.6 is 0 Å². The molecule has 0 spiro atoms. The number of hydrogen-bond donors (Lipinski definition) is 2. The van der Waals surface area contributed by atoms with Gasteiger partial charge in [0.2, 0.25) is 5.91 Å². The topological polar surface area (TPSA) is 95.9 Å². The van der Waals surface area contributed by atoms with E-state index >= 15 is 4.39 Å². The van der Waals surface area contributed by atoms with Gasteiger partial charge in [-0.05, 0) is 84.5 Å². The van der Waals surface area contributed by atoms with Gasteiger partial charge in [-0.3, -0.25) is 14.4 Å². The molecular weight excluding hydrogens is 475 g/mol. The summed E-state index contributed by atoms with van der Waals surface area (Å²) in [6, 6.07) is 7.74. The summed E-state index contributed by atoms with van der Waals surface area (Å²) in [6.07, 6.45) is 2.17. The van der Waals surface area contributed by atoms with Crippen molar-refractivity contribution in [2.75, 3.05) is 18.5 Å². The minimum atomic E-state index is -0.969. The van der Waals surface area contributed by atoms with Gasteiger partial charge < -0.3 is 20.1 Å². The van der Waals surface area contributed by atoms with Crippen LogP contribution in [0.1, 0.15) is 75.3 Å². The van der Waals surface area contributed by atoms with Crippen molar-refractivity contribution in [3.05, 3.63) is 58.4 Å². The first-order chi connectivity index (χ1) is 17.5. The normalized spacial score (nSPS) is 18.5. The number of aryl methyl sites for hydroxylation is 1. The van der Waals surface area contributed by atoms with E-state index in [9.17, 15) is 14.4 Å². The number of carboxylic acids is 1. The van der Waals surface area contributed by atoms with Gasteiger partial charge >= 0.3 is 5.97 Å². The molecular formula is C29H35FN2O5. The molecule has 2 amide bonds. The van der Waals surface area contributed by atoms with Crippen molar-refractivity contribution in [3.8, 4) is 5.75 Å². The SMILES string of the molecule is CCOc1ccc2c(c1)CCN(C(=O)[C@H](C)CCC(=O)O)[C@H]2C(=O)Nc1cc(F)c2c(c1)CCC2(C)C. The number of benzene rings is 2. The van der Waals surface area contributed by atoms with Crippen LogP contribution < -0.4 is 10.1 Å². The molecule has 1 aliphatic carbocycles. The Morgan fingerprint density at radius 3 is 2.65 bits per heavy atom. The summed E-state index contributed by atoms with van der Waals surface area (Å²) >= 11 is 0. The highest BCUT2D eigenvalue weighted by atomic mass is 19.1. The number of carbonyl (C=O) groups is 3. The summed E-state index contributed by atoms with van der Waals surface area (Å²) < 4.78 is 20.7. The molecule has 2 atom stereocenters. The van der Waals surface area contributed by atoms with E-state index in [4.69, 9.17) is 9.84 Å². The van der Waals surface area contributed by atoms with Gasteiger partial charge in [-0.1, -0.05) is 26.8 Å². The Morgan fingerprint density at radius 1 is 1.19 bits per heavy atom. The van der Waals surface area contributed by atoms with Gasteiger partial charge in [0, 0.05) is 24.6 Å². The maximum absolute atomic E-state index is 15.1. The number of anilines is 1. The molecule has 4 rings (SSSR count). The van der Waals surface area contributed by atoms with Crippen molar-refractivity contribution in [1.82, 2.24) is 4.90 Å². The number of ether oxygens (including phenoxy) is 1. The molecule has 0 unspecified atom stereocenters. The van der Waals surface area contributed by atoms with Gasteiger partial charge in [-0.2, -0.15) is 0 Å². The van der Waals surface area contributed by atoms with Crippen LogP contribution in [-0.4, -0.2) is 40.9 Å². The third-order valence-corrected chi connectivity index (χ3v) is 7.53. The summed E-state index contributed by atoms with van der Waals surface area (Å²) in [6.45, 7) is 8.44. The average molecular weight is 511 g/mol. The highest BCUT2D eigenvalue weighted by Gasteiger charge is 2.38. The second-order valence-electron chi connectivity index (χ2n) is 10.7. The average Bonchev–Trinajstić information content (AvgIpc) is 3.15. The Morgan fingerprint density at radius 2 is 1.95 bits per heavy atom. The Labute approximate surface area is 217 Å². The van der Waals surface area contributed by atoms with E-state index in [1.54, 1.807) is 19.1 Å². The standard InChI is InChI=1S/C29H35FN2O5/c1-5-37-21-7-8-22-18(15-21)11-13-32(28(36)17(2)6-9-24(33)34)26(22)27(35)31-20-14-19-10-12-29(3,4)25(19)23(30)16-20/h7-8,14-17,26H,5-6,9-13H2,1-4H3,(H,31,35)(H,33,34)/t17-,26-/m1/s1. The second-order valence-corrected chi connectivity index (χ2v) is 10.7. The maximum Gasteiger partial charge on any atom is 0.303 e. The fourth-order valence-corrected chi connectivity index (χ4v) is 5.60. The van der Waals surface area contributed by atoms with Crippen molar-refractivity contribution in [2.24, 2.45) is 5.92 Å². The van der Waals surface area contributed by atoms with E-state index in [-0.39, 0.29) is 30.0 Å². The molecule has 0 saturated carbocycles. The molecule has 37 heavy (non-hydrogen) atoms. The molecule has 2 aromatic rings. The molecule has 1 heterocycles. The van der Waals surface area contributed by atoms with Crippen LogP contribution in [0.5, 0.6) is 5.75 Å². The van der Waals surface area contributed by atoms with Crippen LogP contribution in [0.15, 0.2) is 30.3 Å². The second kappa shape index (κ2) is 10.5. The first kappa shape index (κ1) is 26.6. The number of hydrogen-bond acceptors (Lipinski definition) is 4. The summed E-state index contributed by atoms with van der Waals surface area (Å²) in [5.74, 6) is -1.88. The number of amides is 2. The molecule has 2 N–H and O–H groups in total. The van der Waals surface area contributed by atoms with Crippen LogP contribution in [0.25, 0.3) is 0 Å². The highest BCUT2D eigenvalue weighted by Crippen LogP contribution is 2.41. The minimum absolute atomic E-state index is 0.128. The lowest BCUT2D eigenvalue weighted by molar-refractivity contribution is -0.143. The predicted molar refractivity (Wildman–Crippen MR) is 138 cm³/mol. The molecule has 2 aromatic carbocycles. The zero-order valence-corrected chi connectivity index (χ0v) is 21.9. The molecule has 0 fully saturated rings. The number of aliphatic carboxylic acids is 1. The Hall–Kier alpha value is -3.42. The van der Waals surface area contributed by atoms with Gasteiger partial charge in [-0.25, -0.2) is 4.39 Å². The Kier molecular flexibility index (Phi) is 7.57. The third-order valence-electron chi connectivity index (χ3n) is 7.53. The predicted octanol–water partition coefficient (Wildman–Crippen LogP) is 5.01. The van der Waals surface area contributed by atoms with Crippen molar-refractivity contribution >= 4 is 23.5 Å². The summed E-state index contributed by atoms with van der Waals surface area (Å²) in [4.78, 5) is 39.7. The number of halogens is 1. The molecule has 0 bridgehead atoms. The van der Waals surface area contributed by atoms with Crippen molar-refractivity contribution in [3.63, 3.8) is 0 Å². The first-order valence-corrected chi connectivity index (χ1v) is 12.9. The molecule has 1 aliphatic heterocycles. The zero-order valence-electron chi connectivity index (χ0n) is 21.9. The van der Waals surface area contributed by atoms with Gasteiger partial charge in [0.1, 0.15) is 17.6 Å². The lowest BCUT2D eigenvalue weighted by Crippen LogP contribution is -2.47. The number of rotatable bonds is 8. The third kappa shape index (κ3) is 5.48. The van der Waals surface area contributed by atoms with E-state index in [1.807, 2.05) is 32.9 Å². The smallest absolute Gasteiger partial charge is 0.303 e. The largest absolute Gasteiger partial charge is 0.494 e. The van der Waals surface area contributed by atoms with Crippen LogP contribution in [0.2, 0.25) is 0 Å². The van der Waals surface area contributed by atoms with Crippen molar-refractivity contribution < 1.29 is 28.6 Å². The van der Waals surface area contributed by atoms with Crippen LogP contribution in [0.3, 0.4) is 0 Å².